The minimum atomic E-state index is 0.846. The number of nitrogens with one attached hydrogen (secondary N) is 1. The molecule has 0 aliphatic rings. The van der Waals surface area contributed by atoms with Crippen LogP contribution in [0.4, 0.5) is 5.82 Å². The van der Waals surface area contributed by atoms with Crippen LogP contribution in [0.15, 0.2) is 18.3 Å². The third kappa shape index (κ3) is 4.53. The fourth-order valence-corrected chi connectivity index (χ4v) is 2.19. The minimum Gasteiger partial charge on any atom is -0.385 e. The highest BCUT2D eigenvalue weighted by atomic mass is 32.2. The average Bonchev–Trinajstić information content (AvgIpc) is 2.29. The van der Waals surface area contributed by atoms with Crippen LogP contribution < -0.4 is 5.32 Å². The van der Waals surface area contributed by atoms with Gasteiger partial charge in [0, 0.05) is 38.3 Å². The van der Waals surface area contributed by atoms with Crippen molar-refractivity contribution >= 4 is 17.6 Å². The summed E-state index contributed by atoms with van der Waals surface area (Å²) in [5.41, 5.74) is 1.27. The van der Waals surface area contributed by atoms with Gasteiger partial charge in [0.25, 0.3) is 0 Å². The molecule has 0 aromatic carbocycles. The van der Waals surface area contributed by atoms with Crippen molar-refractivity contribution in [2.75, 3.05) is 31.8 Å². The molecule has 1 N–H and O–H groups in total. The van der Waals surface area contributed by atoms with Crippen molar-refractivity contribution in [2.24, 2.45) is 0 Å². The van der Waals surface area contributed by atoms with Crippen molar-refractivity contribution in [2.45, 2.75) is 12.2 Å². The zero-order valence-corrected chi connectivity index (χ0v) is 10.1. The highest BCUT2D eigenvalue weighted by Crippen LogP contribution is 2.18. The van der Waals surface area contributed by atoms with E-state index in [0.29, 0.717) is 0 Å². The first-order valence-corrected chi connectivity index (χ1v) is 6.22. The number of hydrogen-bond acceptors (Lipinski definition) is 4. The molecule has 0 aliphatic carbocycles. The van der Waals surface area contributed by atoms with Crippen LogP contribution >= 0.6 is 11.8 Å². The third-order valence-electron chi connectivity index (χ3n) is 2.02. The second kappa shape index (κ2) is 7.54. The van der Waals surface area contributed by atoms with Crippen LogP contribution in [0, 0.1) is 0 Å². The van der Waals surface area contributed by atoms with E-state index in [1.165, 1.54) is 5.56 Å². The van der Waals surface area contributed by atoms with Gasteiger partial charge in [-0.3, -0.25) is 0 Å². The molecule has 84 valence electrons. The standard InChI is InChI=1S/C11H18N2OS/c1-12-11-10(5-3-6-13-11)9-15-8-4-7-14-2/h3,5-6H,4,7-9H2,1-2H3,(H,12,13). The number of thioether (sulfide) groups is 1. The van der Waals surface area contributed by atoms with Crippen LogP contribution in [0.3, 0.4) is 0 Å². The molecule has 1 aromatic heterocycles. The summed E-state index contributed by atoms with van der Waals surface area (Å²) >= 11 is 1.92. The van der Waals surface area contributed by atoms with Gasteiger partial charge in [0.1, 0.15) is 5.82 Å². The maximum atomic E-state index is 5.00. The molecule has 0 amide bonds. The van der Waals surface area contributed by atoms with Crippen LogP contribution in [0.2, 0.25) is 0 Å². The van der Waals surface area contributed by atoms with Gasteiger partial charge in [0.05, 0.1) is 0 Å². The van der Waals surface area contributed by atoms with Crippen molar-refractivity contribution in [3.05, 3.63) is 23.9 Å². The Morgan fingerprint density at radius 3 is 3.13 bits per heavy atom. The van der Waals surface area contributed by atoms with Crippen LogP contribution in [0.5, 0.6) is 0 Å². The molecule has 1 rings (SSSR count). The predicted octanol–water partition coefficient (Wildman–Crippen LogP) is 2.39. The quantitative estimate of drug-likeness (QED) is 0.724. The number of methoxy groups -OCH3 is 1. The van der Waals surface area contributed by atoms with Crippen LogP contribution in [-0.4, -0.2) is 31.5 Å². The maximum Gasteiger partial charge on any atom is 0.129 e. The Balaban J connectivity index is 2.30. The van der Waals surface area contributed by atoms with Crippen molar-refractivity contribution in [1.29, 1.82) is 0 Å². The SMILES string of the molecule is CNc1ncccc1CSCCCOC. The lowest BCUT2D eigenvalue weighted by molar-refractivity contribution is 0.200. The molecular formula is C11H18N2OS. The molecule has 0 saturated carbocycles. The average molecular weight is 226 g/mol. The smallest absolute Gasteiger partial charge is 0.129 e. The minimum absolute atomic E-state index is 0.846. The molecule has 1 aromatic rings. The van der Waals surface area contributed by atoms with Crippen molar-refractivity contribution in [1.82, 2.24) is 4.98 Å². The molecule has 0 unspecified atom stereocenters. The van der Waals surface area contributed by atoms with Crippen LogP contribution in [0.25, 0.3) is 0 Å². The van der Waals surface area contributed by atoms with Crippen molar-refractivity contribution in [3.8, 4) is 0 Å². The molecule has 0 spiro atoms. The van der Waals surface area contributed by atoms with E-state index in [-0.39, 0.29) is 0 Å². The van der Waals surface area contributed by atoms with Gasteiger partial charge in [-0.05, 0) is 18.2 Å². The summed E-state index contributed by atoms with van der Waals surface area (Å²) in [5, 5.41) is 3.10. The van der Waals surface area contributed by atoms with E-state index in [2.05, 4.69) is 16.4 Å². The maximum absolute atomic E-state index is 5.00. The molecule has 0 aliphatic heterocycles. The van der Waals surface area contributed by atoms with Gasteiger partial charge < -0.3 is 10.1 Å². The Bertz CT molecular complexity index is 281. The summed E-state index contributed by atoms with van der Waals surface area (Å²) in [5.74, 6) is 3.12. The van der Waals surface area contributed by atoms with Gasteiger partial charge >= 0.3 is 0 Å². The van der Waals surface area contributed by atoms with E-state index >= 15 is 0 Å². The third-order valence-corrected chi connectivity index (χ3v) is 3.12. The molecule has 1 heterocycles. The number of anilines is 1. The van der Waals surface area contributed by atoms with Crippen LogP contribution in [0.1, 0.15) is 12.0 Å². The molecule has 0 fully saturated rings. The fourth-order valence-electron chi connectivity index (χ4n) is 1.27. The molecule has 3 nitrogen and oxygen atoms in total. The van der Waals surface area contributed by atoms with Crippen molar-refractivity contribution in [3.63, 3.8) is 0 Å². The summed E-state index contributed by atoms with van der Waals surface area (Å²) in [4.78, 5) is 4.26. The Morgan fingerprint density at radius 2 is 2.40 bits per heavy atom. The van der Waals surface area contributed by atoms with Gasteiger partial charge in [-0.25, -0.2) is 4.98 Å². The van der Waals surface area contributed by atoms with Crippen molar-refractivity contribution < 1.29 is 4.74 Å². The molecule has 0 radical (unpaired) electrons. The number of pyridine rings is 1. The Labute approximate surface area is 95.6 Å². The number of aromatic nitrogens is 1. The van der Waals surface area contributed by atoms with E-state index in [9.17, 15) is 0 Å². The Hall–Kier alpha value is -0.740. The number of nitrogens with zero attached hydrogens (tertiary/aromatic N) is 1. The molecular weight excluding hydrogens is 208 g/mol. The topological polar surface area (TPSA) is 34.2 Å². The van der Waals surface area contributed by atoms with E-state index < -0.39 is 0 Å². The lowest BCUT2D eigenvalue weighted by Crippen LogP contribution is -1.97. The van der Waals surface area contributed by atoms with Gasteiger partial charge in [-0.1, -0.05) is 6.07 Å². The number of rotatable bonds is 7. The Kier molecular flexibility index (Phi) is 6.20. The number of ether oxygens (including phenoxy) is 1. The van der Waals surface area contributed by atoms with Crippen LogP contribution in [-0.2, 0) is 10.5 Å². The lowest BCUT2D eigenvalue weighted by atomic mass is 10.3. The number of hydrogen-bond donors (Lipinski definition) is 1. The summed E-state index contributed by atoms with van der Waals surface area (Å²) in [7, 11) is 3.65. The first kappa shape index (κ1) is 12.3. The summed E-state index contributed by atoms with van der Waals surface area (Å²) in [6, 6.07) is 4.09. The van der Waals surface area contributed by atoms with E-state index in [0.717, 1.165) is 30.4 Å². The second-order valence-corrected chi connectivity index (χ2v) is 4.27. The first-order valence-electron chi connectivity index (χ1n) is 5.06. The predicted molar refractivity (Wildman–Crippen MR) is 66.4 cm³/mol. The van der Waals surface area contributed by atoms with Gasteiger partial charge in [-0.2, -0.15) is 11.8 Å². The highest BCUT2D eigenvalue weighted by molar-refractivity contribution is 7.98. The second-order valence-electron chi connectivity index (χ2n) is 3.16. The normalized spacial score (nSPS) is 10.3. The zero-order chi connectivity index (χ0) is 10.9. The van der Waals surface area contributed by atoms with E-state index in [1.807, 2.05) is 31.1 Å². The molecule has 0 atom stereocenters. The highest BCUT2D eigenvalue weighted by Gasteiger charge is 2.00. The van der Waals surface area contributed by atoms with E-state index in [1.54, 1.807) is 7.11 Å². The Morgan fingerprint density at radius 1 is 1.53 bits per heavy atom. The summed E-state index contributed by atoms with van der Waals surface area (Å²) in [6.45, 7) is 0.846. The van der Waals surface area contributed by atoms with Gasteiger partial charge in [0.2, 0.25) is 0 Å². The monoisotopic (exact) mass is 226 g/mol. The molecule has 15 heavy (non-hydrogen) atoms. The lowest BCUT2D eigenvalue weighted by Gasteiger charge is -2.06. The van der Waals surface area contributed by atoms with E-state index in [4.69, 9.17) is 4.74 Å². The molecule has 4 heteroatoms. The first-order chi connectivity index (χ1) is 7.38. The van der Waals surface area contributed by atoms with Gasteiger partial charge in [-0.15, -0.1) is 0 Å². The zero-order valence-electron chi connectivity index (χ0n) is 9.32. The largest absolute Gasteiger partial charge is 0.385 e. The van der Waals surface area contributed by atoms with Gasteiger partial charge in [0.15, 0.2) is 0 Å². The molecule has 0 saturated heterocycles. The summed E-state index contributed by atoms with van der Waals surface area (Å²) < 4.78 is 5.00. The fraction of sp³-hybridized carbons (Fsp3) is 0.545. The molecule has 0 bridgehead atoms. The summed E-state index contributed by atoms with van der Waals surface area (Å²) in [6.07, 6.45) is 2.92.